The summed E-state index contributed by atoms with van der Waals surface area (Å²) in [5.74, 6) is 1.80. The van der Waals surface area contributed by atoms with E-state index in [-0.39, 0.29) is 17.9 Å². The molecule has 1 fully saturated rings. The molecule has 0 radical (unpaired) electrons. The van der Waals surface area contributed by atoms with Gasteiger partial charge in [0.2, 0.25) is 5.91 Å². The lowest BCUT2D eigenvalue weighted by Crippen LogP contribution is -2.51. The van der Waals surface area contributed by atoms with Gasteiger partial charge >= 0.3 is 0 Å². The highest BCUT2D eigenvalue weighted by molar-refractivity contribution is 5.95. The van der Waals surface area contributed by atoms with Crippen molar-refractivity contribution in [2.24, 2.45) is 5.92 Å². The van der Waals surface area contributed by atoms with Crippen molar-refractivity contribution >= 4 is 11.8 Å². The molecule has 1 aromatic rings. The lowest BCUT2D eigenvalue weighted by Gasteiger charge is -2.34. The summed E-state index contributed by atoms with van der Waals surface area (Å²) in [5, 5.41) is 2.90. The highest BCUT2D eigenvalue weighted by Crippen LogP contribution is 2.29. The van der Waals surface area contributed by atoms with Gasteiger partial charge in [0.1, 0.15) is 0 Å². The molecule has 1 heterocycles. The average Bonchev–Trinajstić information content (AvgIpc) is 2.67. The number of ether oxygens (including phenoxy) is 2. The van der Waals surface area contributed by atoms with E-state index in [4.69, 9.17) is 9.47 Å². The van der Waals surface area contributed by atoms with Gasteiger partial charge in [-0.3, -0.25) is 14.5 Å². The molecule has 0 bridgehead atoms. The van der Waals surface area contributed by atoms with Crippen molar-refractivity contribution in [1.29, 1.82) is 0 Å². The van der Waals surface area contributed by atoms with E-state index in [1.807, 2.05) is 18.7 Å². The SMILES string of the molecule is COc1cc(C(=O)N2CCN(CC(=O)NC(C)C)CC2)ccc1OCCC(C)C. The number of nitrogens with zero attached hydrogens (tertiary/aromatic N) is 2. The highest BCUT2D eigenvalue weighted by atomic mass is 16.5. The number of rotatable bonds is 9. The van der Waals surface area contributed by atoms with Crippen molar-refractivity contribution in [1.82, 2.24) is 15.1 Å². The van der Waals surface area contributed by atoms with Crippen molar-refractivity contribution in [3.05, 3.63) is 23.8 Å². The van der Waals surface area contributed by atoms with Crippen LogP contribution in [-0.2, 0) is 4.79 Å². The normalized spacial score (nSPS) is 14.9. The quantitative estimate of drug-likeness (QED) is 0.683. The predicted octanol–water partition coefficient (Wildman–Crippen LogP) is 2.40. The molecule has 0 spiro atoms. The number of benzene rings is 1. The molecule has 0 saturated carbocycles. The summed E-state index contributed by atoms with van der Waals surface area (Å²) in [4.78, 5) is 28.7. The summed E-state index contributed by atoms with van der Waals surface area (Å²) in [6.45, 7) is 11.8. The second-order valence-corrected chi connectivity index (χ2v) is 8.19. The molecule has 1 saturated heterocycles. The van der Waals surface area contributed by atoms with Crippen LogP contribution in [0.2, 0.25) is 0 Å². The molecule has 29 heavy (non-hydrogen) atoms. The van der Waals surface area contributed by atoms with Crippen LogP contribution in [0.1, 0.15) is 44.5 Å². The molecule has 1 aromatic carbocycles. The molecule has 0 aliphatic carbocycles. The smallest absolute Gasteiger partial charge is 0.254 e. The summed E-state index contributed by atoms with van der Waals surface area (Å²) >= 11 is 0. The Bertz CT molecular complexity index is 683. The highest BCUT2D eigenvalue weighted by Gasteiger charge is 2.24. The number of amides is 2. The molecule has 7 heteroatoms. The molecule has 0 aromatic heterocycles. The van der Waals surface area contributed by atoms with Gasteiger partial charge in [-0.2, -0.15) is 0 Å². The van der Waals surface area contributed by atoms with E-state index < -0.39 is 0 Å². The first-order chi connectivity index (χ1) is 13.8. The van der Waals surface area contributed by atoms with E-state index in [1.165, 1.54) is 0 Å². The van der Waals surface area contributed by atoms with Crippen LogP contribution in [0.15, 0.2) is 18.2 Å². The van der Waals surface area contributed by atoms with E-state index in [0.29, 0.717) is 62.3 Å². The van der Waals surface area contributed by atoms with Gasteiger partial charge < -0.3 is 19.7 Å². The Hall–Kier alpha value is -2.28. The van der Waals surface area contributed by atoms with Crippen LogP contribution in [0.4, 0.5) is 0 Å². The van der Waals surface area contributed by atoms with Gasteiger partial charge in [-0.25, -0.2) is 0 Å². The summed E-state index contributed by atoms with van der Waals surface area (Å²) in [7, 11) is 1.58. The number of nitrogens with one attached hydrogen (secondary N) is 1. The van der Waals surface area contributed by atoms with Crippen LogP contribution < -0.4 is 14.8 Å². The second kappa shape index (κ2) is 11.0. The lowest BCUT2D eigenvalue weighted by molar-refractivity contribution is -0.123. The van der Waals surface area contributed by atoms with Crippen LogP contribution in [0, 0.1) is 5.92 Å². The van der Waals surface area contributed by atoms with Gasteiger partial charge in [0.15, 0.2) is 11.5 Å². The largest absolute Gasteiger partial charge is 0.493 e. The van der Waals surface area contributed by atoms with Crippen LogP contribution >= 0.6 is 0 Å². The Balaban J connectivity index is 1.91. The topological polar surface area (TPSA) is 71.1 Å². The summed E-state index contributed by atoms with van der Waals surface area (Å²) in [5.41, 5.74) is 0.587. The van der Waals surface area contributed by atoms with Gasteiger partial charge in [-0.1, -0.05) is 13.8 Å². The zero-order chi connectivity index (χ0) is 21.4. The summed E-state index contributed by atoms with van der Waals surface area (Å²) in [6, 6.07) is 5.48. The van der Waals surface area contributed by atoms with E-state index >= 15 is 0 Å². The Morgan fingerprint density at radius 1 is 1.07 bits per heavy atom. The maximum Gasteiger partial charge on any atom is 0.254 e. The van der Waals surface area contributed by atoms with Gasteiger partial charge in [0, 0.05) is 37.8 Å². The van der Waals surface area contributed by atoms with E-state index in [1.54, 1.807) is 25.3 Å². The fourth-order valence-corrected chi connectivity index (χ4v) is 3.19. The minimum Gasteiger partial charge on any atom is -0.493 e. The summed E-state index contributed by atoms with van der Waals surface area (Å²) in [6.07, 6.45) is 0.962. The first kappa shape index (κ1) is 23.0. The molecule has 2 amide bonds. The Morgan fingerprint density at radius 3 is 2.34 bits per heavy atom. The number of methoxy groups -OCH3 is 1. The van der Waals surface area contributed by atoms with Gasteiger partial charge in [0.25, 0.3) is 5.91 Å². The fraction of sp³-hybridized carbons (Fsp3) is 0.636. The van der Waals surface area contributed by atoms with Crippen molar-refractivity contribution in [2.75, 3.05) is 46.4 Å². The van der Waals surface area contributed by atoms with E-state index in [2.05, 4.69) is 24.1 Å². The first-order valence-corrected chi connectivity index (χ1v) is 10.4. The number of hydrogen-bond donors (Lipinski definition) is 1. The number of piperazine rings is 1. The number of hydrogen-bond acceptors (Lipinski definition) is 5. The molecule has 0 unspecified atom stereocenters. The molecule has 1 aliphatic heterocycles. The molecule has 2 rings (SSSR count). The average molecular weight is 406 g/mol. The van der Waals surface area contributed by atoms with E-state index in [0.717, 1.165) is 6.42 Å². The van der Waals surface area contributed by atoms with Gasteiger partial charge in [-0.15, -0.1) is 0 Å². The van der Waals surface area contributed by atoms with Crippen molar-refractivity contribution in [2.45, 2.75) is 40.2 Å². The minimum absolute atomic E-state index is 0.0247. The Labute approximate surface area is 174 Å². The van der Waals surface area contributed by atoms with Crippen LogP contribution in [0.25, 0.3) is 0 Å². The van der Waals surface area contributed by atoms with Crippen molar-refractivity contribution in [3.8, 4) is 11.5 Å². The third kappa shape index (κ3) is 7.24. The van der Waals surface area contributed by atoms with Crippen molar-refractivity contribution in [3.63, 3.8) is 0 Å². The number of carbonyl (C=O) groups excluding carboxylic acids is 2. The molecule has 1 aliphatic rings. The second-order valence-electron chi connectivity index (χ2n) is 8.19. The van der Waals surface area contributed by atoms with Gasteiger partial charge in [-0.05, 0) is 44.4 Å². The molecular weight excluding hydrogens is 370 g/mol. The Morgan fingerprint density at radius 2 is 1.76 bits per heavy atom. The van der Waals surface area contributed by atoms with Crippen molar-refractivity contribution < 1.29 is 19.1 Å². The molecule has 162 valence electrons. The fourth-order valence-electron chi connectivity index (χ4n) is 3.19. The number of carbonyl (C=O) groups is 2. The van der Waals surface area contributed by atoms with Crippen LogP contribution in [-0.4, -0.2) is 74.1 Å². The Kier molecular flexibility index (Phi) is 8.76. The zero-order valence-electron chi connectivity index (χ0n) is 18.4. The van der Waals surface area contributed by atoms with Gasteiger partial charge in [0.05, 0.1) is 20.3 Å². The molecule has 1 N–H and O–H groups in total. The maximum absolute atomic E-state index is 12.9. The lowest BCUT2D eigenvalue weighted by atomic mass is 10.1. The summed E-state index contributed by atoms with van der Waals surface area (Å²) < 4.78 is 11.2. The monoisotopic (exact) mass is 405 g/mol. The van der Waals surface area contributed by atoms with Crippen LogP contribution in [0.5, 0.6) is 11.5 Å². The third-order valence-corrected chi connectivity index (χ3v) is 4.84. The zero-order valence-corrected chi connectivity index (χ0v) is 18.4. The molecule has 7 nitrogen and oxygen atoms in total. The third-order valence-electron chi connectivity index (χ3n) is 4.84. The standard InChI is InChI=1S/C22H35N3O4/c1-16(2)8-13-29-19-7-6-18(14-20(19)28-5)22(27)25-11-9-24(10-12-25)15-21(26)23-17(3)4/h6-7,14,16-17H,8-13,15H2,1-5H3,(H,23,26). The first-order valence-electron chi connectivity index (χ1n) is 10.4. The van der Waals surface area contributed by atoms with E-state index in [9.17, 15) is 9.59 Å². The molecular formula is C22H35N3O4. The minimum atomic E-state index is -0.0247. The predicted molar refractivity (Wildman–Crippen MR) is 114 cm³/mol. The maximum atomic E-state index is 12.9. The van der Waals surface area contributed by atoms with Crippen LogP contribution in [0.3, 0.4) is 0 Å². The molecule has 0 atom stereocenters.